The van der Waals surface area contributed by atoms with E-state index in [0.717, 1.165) is 23.4 Å². The van der Waals surface area contributed by atoms with Crippen LogP contribution >= 0.6 is 24.0 Å². The molecule has 0 fully saturated rings. The lowest BCUT2D eigenvalue weighted by molar-refractivity contribution is 0.354. The van der Waals surface area contributed by atoms with E-state index in [9.17, 15) is 4.39 Å². The van der Waals surface area contributed by atoms with Crippen molar-refractivity contribution in [3.63, 3.8) is 0 Å². The van der Waals surface area contributed by atoms with Crippen LogP contribution in [-0.2, 0) is 13.0 Å². The molecule has 2 aromatic carbocycles. The average Bonchev–Trinajstić information content (AvgIpc) is 3.21. The molecule has 7 nitrogen and oxygen atoms in total. The van der Waals surface area contributed by atoms with Gasteiger partial charge in [-0.1, -0.05) is 6.07 Å². The summed E-state index contributed by atoms with van der Waals surface area (Å²) >= 11 is 0. The molecule has 0 aliphatic heterocycles. The van der Waals surface area contributed by atoms with E-state index in [1.54, 1.807) is 37.2 Å². The minimum Gasteiger partial charge on any atom is -0.493 e. The summed E-state index contributed by atoms with van der Waals surface area (Å²) < 4.78 is 25.2. The Bertz CT molecular complexity index is 976. The highest BCUT2D eigenvalue weighted by Crippen LogP contribution is 2.27. The zero-order valence-corrected chi connectivity index (χ0v) is 19.2. The normalized spacial score (nSPS) is 11.0. The van der Waals surface area contributed by atoms with Gasteiger partial charge in [0.05, 0.1) is 32.1 Å². The summed E-state index contributed by atoms with van der Waals surface area (Å²) in [5, 5.41) is 7.52. The SMILES string of the molecule is COc1ccc(CCNC(N)=NCc2ccn(-c3ccc(F)cc3)n2)cc1OC.I. The van der Waals surface area contributed by atoms with Crippen molar-refractivity contribution in [3.05, 3.63) is 71.8 Å². The van der Waals surface area contributed by atoms with Gasteiger partial charge in [-0.15, -0.1) is 24.0 Å². The number of methoxy groups -OCH3 is 2. The molecule has 3 aromatic rings. The van der Waals surface area contributed by atoms with E-state index in [4.69, 9.17) is 15.2 Å². The predicted octanol–water partition coefficient (Wildman–Crippen LogP) is 3.29. The highest BCUT2D eigenvalue weighted by molar-refractivity contribution is 14.0. The van der Waals surface area contributed by atoms with Crippen molar-refractivity contribution in [2.24, 2.45) is 10.7 Å². The standard InChI is InChI=1S/C21H24FN5O2.HI/c1-28-19-8-3-15(13-20(19)29-2)9-11-24-21(23)25-14-17-10-12-27(26-17)18-6-4-16(22)5-7-18;/h3-8,10,12-13H,9,11,14H2,1-2H3,(H3,23,24,25);1H. The van der Waals surface area contributed by atoms with Gasteiger partial charge >= 0.3 is 0 Å². The summed E-state index contributed by atoms with van der Waals surface area (Å²) in [6.45, 7) is 0.984. The number of ether oxygens (including phenoxy) is 2. The molecule has 0 saturated carbocycles. The van der Waals surface area contributed by atoms with Gasteiger partial charge in [0.25, 0.3) is 0 Å². The van der Waals surface area contributed by atoms with Crippen molar-refractivity contribution in [1.82, 2.24) is 15.1 Å². The molecule has 0 saturated heterocycles. The third-order valence-electron chi connectivity index (χ3n) is 4.31. The summed E-state index contributed by atoms with van der Waals surface area (Å²) in [5.41, 5.74) is 8.58. The number of rotatable bonds is 8. The Morgan fingerprint density at radius 1 is 1.10 bits per heavy atom. The Balaban J connectivity index is 0.00000320. The molecule has 30 heavy (non-hydrogen) atoms. The van der Waals surface area contributed by atoms with Crippen molar-refractivity contribution in [1.29, 1.82) is 0 Å². The van der Waals surface area contributed by atoms with E-state index in [0.29, 0.717) is 30.5 Å². The van der Waals surface area contributed by atoms with Crippen LogP contribution in [0.25, 0.3) is 5.69 Å². The fourth-order valence-corrected chi connectivity index (χ4v) is 2.78. The molecule has 0 atom stereocenters. The molecule has 0 unspecified atom stereocenters. The fourth-order valence-electron chi connectivity index (χ4n) is 2.78. The molecule has 0 spiro atoms. The van der Waals surface area contributed by atoms with Gasteiger partial charge in [0.15, 0.2) is 17.5 Å². The van der Waals surface area contributed by atoms with Gasteiger partial charge in [-0.2, -0.15) is 5.10 Å². The van der Waals surface area contributed by atoms with Gasteiger partial charge in [0.1, 0.15) is 5.82 Å². The number of aromatic nitrogens is 2. The van der Waals surface area contributed by atoms with Crippen LogP contribution in [-0.4, -0.2) is 36.5 Å². The lowest BCUT2D eigenvalue weighted by Gasteiger charge is -2.10. The number of benzene rings is 2. The summed E-state index contributed by atoms with van der Waals surface area (Å²) in [5.74, 6) is 1.47. The van der Waals surface area contributed by atoms with E-state index >= 15 is 0 Å². The first-order chi connectivity index (χ1) is 14.1. The number of nitrogens with one attached hydrogen (secondary N) is 1. The lowest BCUT2D eigenvalue weighted by atomic mass is 10.1. The number of aliphatic imine (C=N–C) groups is 1. The summed E-state index contributed by atoms with van der Waals surface area (Å²) in [6, 6.07) is 13.8. The third-order valence-corrected chi connectivity index (χ3v) is 4.31. The summed E-state index contributed by atoms with van der Waals surface area (Å²) in [6.07, 6.45) is 2.56. The Labute approximate surface area is 192 Å². The molecule has 0 amide bonds. The maximum atomic E-state index is 13.0. The molecule has 3 N–H and O–H groups in total. The number of halogens is 2. The molecular weight excluding hydrogens is 500 g/mol. The van der Waals surface area contributed by atoms with Gasteiger partial charge < -0.3 is 20.5 Å². The van der Waals surface area contributed by atoms with Crippen molar-refractivity contribution in [2.75, 3.05) is 20.8 Å². The van der Waals surface area contributed by atoms with Crippen LogP contribution in [0.5, 0.6) is 11.5 Å². The Hall–Kier alpha value is -2.82. The van der Waals surface area contributed by atoms with Crippen LogP contribution in [0.3, 0.4) is 0 Å². The highest BCUT2D eigenvalue weighted by Gasteiger charge is 2.05. The van der Waals surface area contributed by atoms with Crippen molar-refractivity contribution in [2.45, 2.75) is 13.0 Å². The quantitative estimate of drug-likeness (QED) is 0.268. The third kappa shape index (κ3) is 6.34. The maximum absolute atomic E-state index is 13.0. The van der Waals surface area contributed by atoms with E-state index in [1.807, 2.05) is 24.3 Å². The second-order valence-electron chi connectivity index (χ2n) is 6.30. The second-order valence-corrected chi connectivity index (χ2v) is 6.30. The van der Waals surface area contributed by atoms with Crippen LogP contribution < -0.4 is 20.5 Å². The number of hydrogen-bond donors (Lipinski definition) is 2. The van der Waals surface area contributed by atoms with E-state index in [2.05, 4.69) is 15.4 Å². The number of nitrogens with zero attached hydrogens (tertiary/aromatic N) is 3. The number of guanidine groups is 1. The first-order valence-corrected chi connectivity index (χ1v) is 9.14. The number of hydrogen-bond acceptors (Lipinski definition) is 4. The molecule has 9 heteroatoms. The Morgan fingerprint density at radius 3 is 2.53 bits per heavy atom. The molecule has 160 valence electrons. The van der Waals surface area contributed by atoms with E-state index < -0.39 is 0 Å². The average molecular weight is 525 g/mol. The molecule has 1 heterocycles. The minimum atomic E-state index is -0.280. The molecule has 0 radical (unpaired) electrons. The Kier molecular flexibility index (Phi) is 8.90. The highest BCUT2D eigenvalue weighted by atomic mass is 127. The molecule has 0 aliphatic carbocycles. The molecule has 0 bridgehead atoms. The minimum absolute atomic E-state index is 0. The molecule has 3 rings (SSSR count). The summed E-state index contributed by atoms with van der Waals surface area (Å²) in [4.78, 5) is 4.31. The zero-order valence-electron chi connectivity index (χ0n) is 16.8. The predicted molar refractivity (Wildman–Crippen MR) is 126 cm³/mol. The van der Waals surface area contributed by atoms with Crippen LogP contribution in [0.1, 0.15) is 11.3 Å². The lowest BCUT2D eigenvalue weighted by Crippen LogP contribution is -2.33. The van der Waals surface area contributed by atoms with Gasteiger partial charge in [-0.05, 0) is 54.4 Å². The van der Waals surface area contributed by atoms with E-state index in [-0.39, 0.29) is 29.8 Å². The molecular formula is C21H25FIN5O2. The molecule has 1 aromatic heterocycles. The second kappa shape index (κ2) is 11.4. The van der Waals surface area contributed by atoms with Gasteiger partial charge in [0.2, 0.25) is 0 Å². The Morgan fingerprint density at radius 2 is 1.83 bits per heavy atom. The van der Waals surface area contributed by atoms with Gasteiger partial charge in [-0.3, -0.25) is 0 Å². The van der Waals surface area contributed by atoms with Crippen LogP contribution in [0.2, 0.25) is 0 Å². The van der Waals surface area contributed by atoms with Gasteiger partial charge in [-0.25, -0.2) is 14.1 Å². The largest absolute Gasteiger partial charge is 0.493 e. The monoisotopic (exact) mass is 525 g/mol. The fraction of sp³-hybridized carbons (Fsp3) is 0.238. The number of nitrogens with two attached hydrogens (primary N) is 1. The van der Waals surface area contributed by atoms with Crippen molar-refractivity contribution in [3.8, 4) is 17.2 Å². The van der Waals surface area contributed by atoms with Gasteiger partial charge in [0, 0.05) is 12.7 Å². The molecule has 0 aliphatic rings. The first-order valence-electron chi connectivity index (χ1n) is 9.14. The van der Waals surface area contributed by atoms with Crippen molar-refractivity contribution >= 4 is 29.9 Å². The van der Waals surface area contributed by atoms with Crippen LogP contribution in [0.4, 0.5) is 4.39 Å². The first kappa shape index (κ1) is 23.5. The van der Waals surface area contributed by atoms with Crippen LogP contribution in [0.15, 0.2) is 59.7 Å². The van der Waals surface area contributed by atoms with Crippen molar-refractivity contribution < 1.29 is 13.9 Å². The van der Waals surface area contributed by atoms with E-state index in [1.165, 1.54) is 12.1 Å². The van der Waals surface area contributed by atoms with Crippen LogP contribution in [0, 0.1) is 5.82 Å². The zero-order chi connectivity index (χ0) is 20.6. The summed E-state index contributed by atoms with van der Waals surface area (Å²) in [7, 11) is 3.22. The smallest absolute Gasteiger partial charge is 0.188 e. The maximum Gasteiger partial charge on any atom is 0.188 e. The topological polar surface area (TPSA) is 86.7 Å².